The normalized spacial score (nSPS) is 13.3. The van der Waals surface area contributed by atoms with Gasteiger partial charge in [0.25, 0.3) is 11.8 Å². The van der Waals surface area contributed by atoms with Gasteiger partial charge in [-0.3, -0.25) is 9.59 Å². The summed E-state index contributed by atoms with van der Waals surface area (Å²) in [6.07, 6.45) is -3.68. The molecule has 8 heteroatoms. The van der Waals surface area contributed by atoms with Crippen LogP contribution in [0.1, 0.15) is 0 Å². The second-order valence-electron chi connectivity index (χ2n) is 5.17. The maximum atomic E-state index is 11.8. The molecule has 1 rings (SSSR count). The van der Waals surface area contributed by atoms with E-state index in [-0.39, 0.29) is 0 Å². The molecule has 0 radical (unpaired) electrons. The van der Waals surface area contributed by atoms with Crippen molar-refractivity contribution in [2.24, 2.45) is 0 Å². The number of amides is 2. The first kappa shape index (κ1) is 18.9. The zero-order valence-electron chi connectivity index (χ0n) is 13.4. The second-order valence-corrected chi connectivity index (χ2v) is 5.17. The summed E-state index contributed by atoms with van der Waals surface area (Å²) in [6.45, 7) is 1.32. The van der Waals surface area contributed by atoms with Crippen molar-refractivity contribution in [1.29, 1.82) is 0 Å². The van der Waals surface area contributed by atoms with Crippen LogP contribution < -0.4 is 15.4 Å². The van der Waals surface area contributed by atoms with Gasteiger partial charge in [-0.1, -0.05) is 0 Å². The van der Waals surface area contributed by atoms with Gasteiger partial charge in [0.2, 0.25) is 0 Å². The number of carbonyl (C=O) groups excluding carboxylic acids is 2. The second kappa shape index (κ2) is 9.09. The molecule has 0 saturated heterocycles. The first-order valence-corrected chi connectivity index (χ1v) is 7.11. The van der Waals surface area contributed by atoms with Crippen LogP contribution in [0, 0.1) is 0 Å². The van der Waals surface area contributed by atoms with Crippen LogP contribution in [0.25, 0.3) is 0 Å². The van der Waals surface area contributed by atoms with Gasteiger partial charge in [-0.2, -0.15) is 0 Å². The van der Waals surface area contributed by atoms with Crippen LogP contribution in [0.4, 0.5) is 5.69 Å². The summed E-state index contributed by atoms with van der Waals surface area (Å²) >= 11 is 0. The van der Waals surface area contributed by atoms with Gasteiger partial charge in [-0.05, 0) is 38.4 Å². The van der Waals surface area contributed by atoms with E-state index >= 15 is 0 Å². The highest BCUT2D eigenvalue weighted by atomic mass is 16.5. The van der Waals surface area contributed by atoms with Crippen LogP contribution in [0.2, 0.25) is 0 Å². The summed E-state index contributed by atoms with van der Waals surface area (Å²) in [4.78, 5) is 24.9. The van der Waals surface area contributed by atoms with Gasteiger partial charge in [0.15, 0.2) is 12.2 Å². The van der Waals surface area contributed by atoms with Crippen LogP contribution in [0.3, 0.4) is 0 Å². The van der Waals surface area contributed by atoms with Crippen LogP contribution in [0.5, 0.6) is 5.75 Å². The number of anilines is 1. The molecule has 23 heavy (non-hydrogen) atoms. The predicted molar refractivity (Wildman–Crippen MR) is 85.2 cm³/mol. The smallest absolute Gasteiger partial charge is 0.256 e. The number of nitrogens with one attached hydrogen (secondary N) is 2. The third-order valence-corrected chi connectivity index (χ3v) is 3.01. The highest BCUT2D eigenvalue weighted by Gasteiger charge is 2.29. The van der Waals surface area contributed by atoms with Gasteiger partial charge in [-0.15, -0.1) is 0 Å². The third-order valence-electron chi connectivity index (χ3n) is 3.01. The van der Waals surface area contributed by atoms with E-state index in [1.165, 1.54) is 7.05 Å². The molecule has 0 aliphatic heterocycles. The Morgan fingerprint density at radius 3 is 2.22 bits per heavy atom. The Balaban J connectivity index is 2.54. The Hall–Kier alpha value is -2.16. The maximum Gasteiger partial charge on any atom is 0.256 e. The van der Waals surface area contributed by atoms with Gasteiger partial charge in [0, 0.05) is 19.3 Å². The van der Waals surface area contributed by atoms with Crippen molar-refractivity contribution >= 4 is 17.5 Å². The Bertz CT molecular complexity index is 518. The van der Waals surface area contributed by atoms with E-state index in [9.17, 15) is 19.8 Å². The van der Waals surface area contributed by atoms with E-state index in [1.807, 2.05) is 19.0 Å². The zero-order chi connectivity index (χ0) is 17.4. The number of aliphatic hydroxyl groups is 2. The predicted octanol–water partition coefficient (Wildman–Crippen LogP) is -0.967. The van der Waals surface area contributed by atoms with Crippen LogP contribution >= 0.6 is 0 Å². The number of ether oxygens (including phenoxy) is 1. The number of likely N-dealkylation sites (N-methyl/N-ethyl adjacent to an activating group) is 2. The molecule has 4 N–H and O–H groups in total. The first-order chi connectivity index (χ1) is 10.8. The Kier molecular flexibility index (Phi) is 7.46. The molecule has 0 bridgehead atoms. The number of nitrogens with zero attached hydrogens (tertiary/aromatic N) is 1. The molecule has 0 heterocycles. The summed E-state index contributed by atoms with van der Waals surface area (Å²) in [7, 11) is 5.19. The lowest BCUT2D eigenvalue weighted by Gasteiger charge is -2.16. The topological polar surface area (TPSA) is 111 Å². The van der Waals surface area contributed by atoms with Gasteiger partial charge in [0.05, 0.1) is 0 Å². The third kappa shape index (κ3) is 6.23. The first-order valence-electron chi connectivity index (χ1n) is 7.11. The summed E-state index contributed by atoms with van der Waals surface area (Å²) in [5.41, 5.74) is 0.415. The molecule has 0 spiro atoms. The zero-order valence-corrected chi connectivity index (χ0v) is 13.4. The average molecular weight is 325 g/mol. The quantitative estimate of drug-likeness (QED) is 0.490. The lowest BCUT2D eigenvalue weighted by atomic mass is 10.1. The molecule has 0 aliphatic carbocycles. The minimum atomic E-state index is -1.86. The minimum absolute atomic E-state index is 0.415. The molecule has 0 saturated carbocycles. The van der Waals surface area contributed by atoms with Crippen LogP contribution in [-0.4, -0.2) is 73.4 Å². The summed E-state index contributed by atoms with van der Waals surface area (Å²) in [5, 5.41) is 23.7. The van der Waals surface area contributed by atoms with E-state index in [4.69, 9.17) is 4.74 Å². The molecule has 0 aromatic heterocycles. The molecular formula is C15H23N3O5. The van der Waals surface area contributed by atoms with Crippen molar-refractivity contribution in [3.05, 3.63) is 24.3 Å². The lowest BCUT2D eigenvalue weighted by Crippen LogP contribution is -2.46. The Morgan fingerprint density at radius 2 is 1.70 bits per heavy atom. The summed E-state index contributed by atoms with van der Waals surface area (Å²) < 4.78 is 5.51. The molecule has 0 unspecified atom stereocenters. The van der Waals surface area contributed by atoms with E-state index < -0.39 is 24.0 Å². The fourth-order valence-corrected chi connectivity index (χ4v) is 1.63. The molecule has 2 atom stereocenters. The highest BCUT2D eigenvalue weighted by molar-refractivity contribution is 5.98. The number of benzene rings is 1. The van der Waals surface area contributed by atoms with Gasteiger partial charge >= 0.3 is 0 Å². The van der Waals surface area contributed by atoms with Crippen molar-refractivity contribution in [3.63, 3.8) is 0 Å². The highest BCUT2D eigenvalue weighted by Crippen LogP contribution is 2.16. The Morgan fingerprint density at radius 1 is 1.13 bits per heavy atom. The number of hydrogen-bond donors (Lipinski definition) is 4. The molecule has 1 aromatic carbocycles. The molecule has 0 aliphatic rings. The van der Waals surface area contributed by atoms with E-state index in [0.717, 1.165) is 6.54 Å². The molecule has 8 nitrogen and oxygen atoms in total. The molecule has 1 aromatic rings. The monoisotopic (exact) mass is 325 g/mol. The van der Waals surface area contributed by atoms with Crippen molar-refractivity contribution in [3.8, 4) is 5.75 Å². The van der Waals surface area contributed by atoms with Crippen molar-refractivity contribution < 1.29 is 24.5 Å². The van der Waals surface area contributed by atoms with Gasteiger partial charge in [0.1, 0.15) is 12.4 Å². The van der Waals surface area contributed by atoms with Crippen molar-refractivity contribution in [2.45, 2.75) is 12.2 Å². The maximum absolute atomic E-state index is 11.8. The largest absolute Gasteiger partial charge is 0.492 e. The molecule has 128 valence electrons. The van der Waals surface area contributed by atoms with Gasteiger partial charge in [-0.25, -0.2) is 0 Å². The Labute approximate surface area is 135 Å². The summed E-state index contributed by atoms with van der Waals surface area (Å²) in [6, 6.07) is 6.55. The van der Waals surface area contributed by atoms with Crippen molar-refractivity contribution in [1.82, 2.24) is 10.2 Å². The summed E-state index contributed by atoms with van der Waals surface area (Å²) in [5.74, 6) is -1.06. The molecular weight excluding hydrogens is 302 g/mol. The number of rotatable bonds is 8. The van der Waals surface area contributed by atoms with Crippen LogP contribution in [0.15, 0.2) is 24.3 Å². The SMILES string of the molecule is CNC(=O)[C@H](O)[C@@H](O)C(=O)Nc1ccc(OCCN(C)C)cc1. The van der Waals surface area contributed by atoms with E-state index in [2.05, 4.69) is 10.6 Å². The van der Waals surface area contributed by atoms with Gasteiger partial charge < -0.3 is 30.5 Å². The average Bonchev–Trinajstić information content (AvgIpc) is 2.53. The number of hydrogen-bond acceptors (Lipinski definition) is 6. The standard InChI is InChI=1S/C15H23N3O5/c1-16-14(21)12(19)13(20)15(22)17-10-4-6-11(7-5-10)23-9-8-18(2)3/h4-7,12-13,19-20H,8-9H2,1-3H3,(H,16,21)(H,17,22)/t12-,13-/m1/s1. The molecule has 2 amide bonds. The number of aliphatic hydroxyl groups excluding tert-OH is 2. The lowest BCUT2D eigenvalue weighted by molar-refractivity contribution is -0.142. The molecule has 0 fully saturated rings. The minimum Gasteiger partial charge on any atom is -0.492 e. The number of carbonyl (C=O) groups is 2. The fourth-order valence-electron chi connectivity index (χ4n) is 1.63. The van der Waals surface area contributed by atoms with E-state index in [1.54, 1.807) is 24.3 Å². The van der Waals surface area contributed by atoms with Crippen molar-refractivity contribution in [2.75, 3.05) is 39.6 Å². The fraction of sp³-hybridized carbons (Fsp3) is 0.467. The van der Waals surface area contributed by atoms with E-state index in [0.29, 0.717) is 18.0 Å². The van der Waals surface area contributed by atoms with Crippen LogP contribution in [-0.2, 0) is 9.59 Å².